The molecule has 0 heterocycles. The van der Waals surface area contributed by atoms with E-state index in [2.05, 4.69) is 27.4 Å². The number of para-hydroxylation sites is 1. The fraction of sp³-hybridized carbons (Fsp3) is 0.467. The summed E-state index contributed by atoms with van der Waals surface area (Å²) in [6.07, 6.45) is 0. The molecule has 17 heavy (non-hydrogen) atoms. The Morgan fingerprint density at radius 1 is 1.06 bits per heavy atom. The molecule has 0 fully saturated rings. The first-order valence-electron chi connectivity index (χ1n) is 6.54. The van der Waals surface area contributed by atoms with Crippen LogP contribution >= 0.6 is 0 Å². The van der Waals surface area contributed by atoms with Gasteiger partial charge in [-0.25, -0.2) is 0 Å². The molecule has 0 atom stereocenters. The van der Waals surface area contributed by atoms with Crippen molar-refractivity contribution in [1.82, 2.24) is 0 Å². The Balaban J connectivity index is 2.60. The second kappa shape index (κ2) is 6.90. The molecule has 0 unspecified atom stereocenters. The van der Waals surface area contributed by atoms with Gasteiger partial charge in [0.1, 0.15) is 0 Å². The average molecular weight is 293 g/mol. The molecule has 0 radical (unpaired) electrons. The van der Waals surface area contributed by atoms with Gasteiger partial charge in [-0.05, 0) is 0 Å². The van der Waals surface area contributed by atoms with Crippen LogP contribution < -0.4 is 4.74 Å². The molecule has 0 aliphatic rings. The summed E-state index contributed by atoms with van der Waals surface area (Å²) in [4.78, 5) is 0. The zero-order valence-electron chi connectivity index (χ0n) is 11.3. The average Bonchev–Trinajstić information content (AvgIpc) is 2.40. The van der Waals surface area contributed by atoms with E-state index < -0.39 is 13.3 Å². The fourth-order valence-electron chi connectivity index (χ4n) is 2.34. The standard InChI is InChI=1S/C15H24GeO/c1-5-16(6-2,7-3)14(4)13-17-15-11-9-8-10-12-15/h8-12H,4-7,13H2,1-3H3. The van der Waals surface area contributed by atoms with E-state index in [-0.39, 0.29) is 0 Å². The predicted molar refractivity (Wildman–Crippen MR) is 78.3 cm³/mol. The van der Waals surface area contributed by atoms with Gasteiger partial charge in [-0.2, -0.15) is 0 Å². The molecular formula is C15H24GeO. The van der Waals surface area contributed by atoms with E-state index in [9.17, 15) is 0 Å². The van der Waals surface area contributed by atoms with Crippen molar-refractivity contribution in [3.05, 3.63) is 41.3 Å². The van der Waals surface area contributed by atoms with Crippen LogP contribution in [0.5, 0.6) is 5.75 Å². The Kier molecular flexibility index (Phi) is 5.83. The van der Waals surface area contributed by atoms with E-state index in [4.69, 9.17) is 4.74 Å². The van der Waals surface area contributed by atoms with Gasteiger partial charge < -0.3 is 0 Å². The molecule has 1 aromatic carbocycles. The van der Waals surface area contributed by atoms with Gasteiger partial charge in [0.25, 0.3) is 0 Å². The van der Waals surface area contributed by atoms with E-state index in [1.54, 1.807) is 0 Å². The Morgan fingerprint density at radius 3 is 2.06 bits per heavy atom. The Bertz CT molecular complexity index is 333. The molecular weight excluding hydrogens is 269 g/mol. The van der Waals surface area contributed by atoms with E-state index in [0.717, 1.165) is 5.75 Å². The summed E-state index contributed by atoms with van der Waals surface area (Å²) in [7, 11) is 0. The Hall–Kier alpha value is -0.697. The third-order valence-electron chi connectivity index (χ3n) is 3.94. The van der Waals surface area contributed by atoms with Crippen molar-refractivity contribution in [3.63, 3.8) is 0 Å². The molecule has 0 N–H and O–H groups in total. The van der Waals surface area contributed by atoms with Crippen molar-refractivity contribution < 1.29 is 4.74 Å². The van der Waals surface area contributed by atoms with E-state index in [0.29, 0.717) is 6.61 Å². The van der Waals surface area contributed by atoms with Crippen molar-refractivity contribution in [2.45, 2.75) is 36.5 Å². The quantitative estimate of drug-likeness (QED) is 0.664. The summed E-state index contributed by atoms with van der Waals surface area (Å²) in [5.74, 6) is 0.952. The molecule has 1 aromatic rings. The third kappa shape index (κ3) is 3.63. The van der Waals surface area contributed by atoms with Gasteiger partial charge in [0.05, 0.1) is 0 Å². The van der Waals surface area contributed by atoms with Crippen molar-refractivity contribution in [3.8, 4) is 5.75 Å². The van der Waals surface area contributed by atoms with E-state index in [1.165, 1.54) is 20.2 Å². The summed E-state index contributed by atoms with van der Waals surface area (Å²) in [6, 6.07) is 10.0. The molecule has 94 valence electrons. The summed E-state index contributed by atoms with van der Waals surface area (Å²) >= 11 is -1.83. The van der Waals surface area contributed by atoms with E-state index >= 15 is 0 Å². The monoisotopic (exact) mass is 294 g/mol. The maximum atomic E-state index is 5.83. The first-order chi connectivity index (χ1) is 8.18. The molecule has 0 aliphatic carbocycles. The van der Waals surface area contributed by atoms with Crippen LogP contribution in [0.4, 0.5) is 0 Å². The van der Waals surface area contributed by atoms with Crippen LogP contribution in [-0.4, -0.2) is 19.9 Å². The SMILES string of the molecule is C=[C](COc1ccccc1)[Ge]([CH2]C)([CH2]C)[CH2]C. The maximum absolute atomic E-state index is 5.83. The van der Waals surface area contributed by atoms with Crippen LogP contribution in [0.3, 0.4) is 0 Å². The zero-order chi connectivity index (χ0) is 12.7. The molecule has 0 saturated heterocycles. The number of ether oxygens (including phenoxy) is 1. The number of hydrogen-bond acceptors (Lipinski definition) is 1. The van der Waals surface area contributed by atoms with Crippen LogP contribution in [0.15, 0.2) is 41.3 Å². The predicted octanol–water partition coefficient (Wildman–Crippen LogP) is 4.67. The molecule has 0 saturated carbocycles. The van der Waals surface area contributed by atoms with Crippen molar-refractivity contribution >= 4 is 13.3 Å². The molecule has 0 bridgehead atoms. The number of rotatable bonds is 7. The van der Waals surface area contributed by atoms with Crippen molar-refractivity contribution in [2.75, 3.05) is 6.61 Å². The van der Waals surface area contributed by atoms with Gasteiger partial charge in [-0.3, -0.25) is 0 Å². The number of hydrogen-bond donors (Lipinski definition) is 0. The topological polar surface area (TPSA) is 9.23 Å². The van der Waals surface area contributed by atoms with Gasteiger partial charge in [-0.1, -0.05) is 0 Å². The van der Waals surface area contributed by atoms with Crippen LogP contribution in [0.1, 0.15) is 20.8 Å². The summed E-state index contributed by atoms with van der Waals surface area (Å²) < 4.78 is 7.23. The van der Waals surface area contributed by atoms with Crippen LogP contribution in [-0.2, 0) is 0 Å². The second-order valence-corrected chi connectivity index (χ2v) is 15.9. The Morgan fingerprint density at radius 2 is 1.59 bits per heavy atom. The normalized spacial score (nSPS) is 11.2. The van der Waals surface area contributed by atoms with Gasteiger partial charge in [0.15, 0.2) is 0 Å². The summed E-state index contributed by atoms with van der Waals surface area (Å²) in [5.41, 5.74) is 0. The molecule has 0 aromatic heterocycles. The van der Waals surface area contributed by atoms with Crippen molar-refractivity contribution in [2.24, 2.45) is 0 Å². The van der Waals surface area contributed by atoms with Crippen molar-refractivity contribution in [1.29, 1.82) is 0 Å². The van der Waals surface area contributed by atoms with Crippen LogP contribution in [0.2, 0.25) is 15.8 Å². The molecule has 0 aliphatic heterocycles. The fourth-order valence-corrected chi connectivity index (χ4v) is 9.43. The minimum absolute atomic E-state index is 0.708. The molecule has 2 heteroatoms. The summed E-state index contributed by atoms with van der Waals surface area (Å²) in [5, 5.41) is 3.97. The van der Waals surface area contributed by atoms with Crippen LogP contribution in [0, 0.1) is 0 Å². The minimum atomic E-state index is -1.83. The first kappa shape index (κ1) is 14.4. The molecule has 0 amide bonds. The molecule has 1 rings (SSSR count). The van der Waals surface area contributed by atoms with Gasteiger partial charge >= 0.3 is 108 Å². The first-order valence-corrected chi connectivity index (χ1v) is 12.0. The Labute approximate surface area is 108 Å². The molecule has 1 nitrogen and oxygen atoms in total. The number of benzene rings is 1. The second-order valence-electron chi connectivity index (χ2n) is 4.55. The van der Waals surface area contributed by atoms with Gasteiger partial charge in [0.2, 0.25) is 0 Å². The molecule has 0 spiro atoms. The van der Waals surface area contributed by atoms with E-state index in [1.807, 2.05) is 30.3 Å². The third-order valence-corrected chi connectivity index (χ3v) is 15.9. The zero-order valence-corrected chi connectivity index (χ0v) is 13.4. The van der Waals surface area contributed by atoms with Gasteiger partial charge in [-0.15, -0.1) is 0 Å². The van der Waals surface area contributed by atoms with Crippen LogP contribution in [0.25, 0.3) is 0 Å². The summed E-state index contributed by atoms with van der Waals surface area (Å²) in [6.45, 7) is 12.0. The van der Waals surface area contributed by atoms with Gasteiger partial charge in [0, 0.05) is 0 Å².